The molecule has 0 saturated heterocycles. The first-order chi connectivity index (χ1) is 14.0. The molecule has 0 aliphatic rings. The molecule has 0 bridgehead atoms. The van der Waals surface area contributed by atoms with Gasteiger partial charge in [0, 0.05) is 5.02 Å². The SMILES string of the molecule is C[C@@H](Oc1ccc(Cl)cc1)C(=O)N/N=C\c1ccc(OC(=O)c2cccs2)cc1. The first-order valence-electron chi connectivity index (χ1n) is 8.62. The molecule has 3 aromatic rings. The summed E-state index contributed by atoms with van der Waals surface area (Å²) in [5.41, 5.74) is 3.15. The first kappa shape index (κ1) is 20.6. The molecule has 0 spiro atoms. The molecule has 8 heteroatoms. The summed E-state index contributed by atoms with van der Waals surface area (Å²) in [6.45, 7) is 1.62. The lowest BCUT2D eigenvalue weighted by atomic mass is 10.2. The number of thiophene rings is 1. The van der Waals surface area contributed by atoms with E-state index < -0.39 is 18.0 Å². The predicted octanol–water partition coefficient (Wildman–Crippen LogP) is 4.54. The maximum atomic E-state index is 12.1. The Bertz CT molecular complexity index is 987. The number of ether oxygens (including phenoxy) is 2. The van der Waals surface area contributed by atoms with Gasteiger partial charge in [0.05, 0.1) is 6.21 Å². The summed E-state index contributed by atoms with van der Waals surface area (Å²) >= 11 is 7.14. The molecule has 2 aromatic carbocycles. The Hall–Kier alpha value is -3.16. The van der Waals surface area contributed by atoms with Crippen molar-refractivity contribution in [3.63, 3.8) is 0 Å². The van der Waals surface area contributed by atoms with E-state index in [1.54, 1.807) is 67.6 Å². The fourth-order valence-corrected chi connectivity index (χ4v) is 2.93. The third-order valence-electron chi connectivity index (χ3n) is 3.70. The number of esters is 1. The Balaban J connectivity index is 1.48. The molecular weight excluding hydrogens is 412 g/mol. The zero-order valence-corrected chi connectivity index (χ0v) is 16.9. The van der Waals surface area contributed by atoms with Crippen molar-refractivity contribution in [3.8, 4) is 11.5 Å². The van der Waals surface area contributed by atoms with Crippen molar-refractivity contribution in [1.29, 1.82) is 0 Å². The molecule has 0 aliphatic carbocycles. The molecule has 3 rings (SSSR count). The standard InChI is InChI=1S/C21H17ClN2O4S/c1-14(27-17-10-6-16(22)7-11-17)20(25)24-23-13-15-4-8-18(9-5-15)28-21(26)19-3-2-12-29-19/h2-14H,1H3,(H,24,25)/b23-13-/t14-/m1/s1. The van der Waals surface area contributed by atoms with E-state index >= 15 is 0 Å². The van der Waals surface area contributed by atoms with Gasteiger partial charge < -0.3 is 9.47 Å². The van der Waals surface area contributed by atoms with Gasteiger partial charge in [-0.3, -0.25) is 4.79 Å². The maximum absolute atomic E-state index is 12.1. The second kappa shape index (κ2) is 9.86. The Morgan fingerprint density at radius 2 is 1.76 bits per heavy atom. The van der Waals surface area contributed by atoms with Crippen LogP contribution in [0.4, 0.5) is 0 Å². The van der Waals surface area contributed by atoms with Crippen LogP contribution < -0.4 is 14.9 Å². The highest BCUT2D eigenvalue weighted by molar-refractivity contribution is 7.12. The molecule has 0 radical (unpaired) electrons. The highest BCUT2D eigenvalue weighted by Crippen LogP contribution is 2.17. The summed E-state index contributed by atoms with van der Waals surface area (Å²) in [7, 11) is 0. The number of hydrazone groups is 1. The number of hydrogen-bond donors (Lipinski definition) is 1. The van der Waals surface area contributed by atoms with Gasteiger partial charge in [-0.15, -0.1) is 11.3 Å². The van der Waals surface area contributed by atoms with Gasteiger partial charge in [-0.25, -0.2) is 10.2 Å². The first-order valence-corrected chi connectivity index (χ1v) is 9.88. The number of nitrogens with one attached hydrogen (secondary N) is 1. The monoisotopic (exact) mass is 428 g/mol. The molecule has 0 fully saturated rings. The Morgan fingerprint density at radius 3 is 2.41 bits per heavy atom. The summed E-state index contributed by atoms with van der Waals surface area (Å²) in [6, 6.07) is 17.0. The van der Waals surface area contributed by atoms with E-state index in [-0.39, 0.29) is 0 Å². The maximum Gasteiger partial charge on any atom is 0.353 e. The zero-order chi connectivity index (χ0) is 20.6. The Morgan fingerprint density at radius 1 is 1.07 bits per heavy atom. The van der Waals surface area contributed by atoms with Crippen LogP contribution in [0.3, 0.4) is 0 Å². The van der Waals surface area contributed by atoms with Gasteiger partial charge in [-0.1, -0.05) is 17.7 Å². The van der Waals surface area contributed by atoms with Crippen molar-refractivity contribution in [2.24, 2.45) is 5.10 Å². The normalized spacial score (nSPS) is 11.8. The number of halogens is 1. The summed E-state index contributed by atoms with van der Waals surface area (Å²) in [5, 5.41) is 6.32. The zero-order valence-electron chi connectivity index (χ0n) is 15.4. The number of amides is 1. The van der Waals surface area contributed by atoms with Crippen molar-refractivity contribution in [1.82, 2.24) is 5.43 Å². The van der Waals surface area contributed by atoms with Crippen LogP contribution in [0.2, 0.25) is 5.02 Å². The lowest BCUT2D eigenvalue weighted by Gasteiger charge is -2.12. The van der Waals surface area contributed by atoms with Crippen molar-refractivity contribution < 1.29 is 19.1 Å². The Kier molecular flexibility index (Phi) is 6.99. The number of carbonyl (C=O) groups excluding carboxylic acids is 2. The summed E-state index contributed by atoms with van der Waals surface area (Å²) in [5.74, 6) is 0.171. The summed E-state index contributed by atoms with van der Waals surface area (Å²) < 4.78 is 10.8. The highest BCUT2D eigenvalue weighted by atomic mass is 35.5. The fraction of sp³-hybridized carbons (Fsp3) is 0.0952. The minimum Gasteiger partial charge on any atom is -0.481 e. The van der Waals surface area contributed by atoms with Crippen LogP contribution in [0.1, 0.15) is 22.2 Å². The lowest BCUT2D eigenvalue weighted by Crippen LogP contribution is -2.33. The van der Waals surface area contributed by atoms with Crippen LogP contribution in [0.25, 0.3) is 0 Å². The molecule has 29 heavy (non-hydrogen) atoms. The van der Waals surface area contributed by atoms with Crippen molar-refractivity contribution in [3.05, 3.63) is 81.5 Å². The van der Waals surface area contributed by atoms with Gasteiger partial charge in [-0.05, 0) is 72.5 Å². The van der Waals surface area contributed by atoms with E-state index in [9.17, 15) is 9.59 Å². The van der Waals surface area contributed by atoms with Gasteiger partial charge in [0.25, 0.3) is 5.91 Å². The van der Waals surface area contributed by atoms with E-state index in [0.29, 0.717) is 21.4 Å². The van der Waals surface area contributed by atoms with Crippen molar-refractivity contribution >= 4 is 41.0 Å². The average Bonchev–Trinajstić information content (AvgIpc) is 3.26. The molecule has 0 saturated carbocycles. The van der Waals surface area contributed by atoms with Crippen LogP contribution in [0.15, 0.2) is 71.1 Å². The van der Waals surface area contributed by atoms with Crippen LogP contribution in [0, 0.1) is 0 Å². The number of rotatable bonds is 7. The predicted molar refractivity (Wildman–Crippen MR) is 113 cm³/mol. The van der Waals surface area contributed by atoms with E-state index in [0.717, 1.165) is 5.56 Å². The molecule has 148 valence electrons. The smallest absolute Gasteiger partial charge is 0.353 e. The van der Waals surface area contributed by atoms with Gasteiger partial charge in [0.1, 0.15) is 16.4 Å². The number of carbonyl (C=O) groups is 2. The topological polar surface area (TPSA) is 77.0 Å². The van der Waals surface area contributed by atoms with Gasteiger partial charge in [0.2, 0.25) is 0 Å². The number of nitrogens with zero attached hydrogens (tertiary/aromatic N) is 1. The van der Waals surface area contributed by atoms with E-state index in [2.05, 4.69) is 10.5 Å². The highest BCUT2D eigenvalue weighted by Gasteiger charge is 2.14. The fourth-order valence-electron chi connectivity index (χ4n) is 2.21. The molecule has 1 aromatic heterocycles. The lowest BCUT2D eigenvalue weighted by molar-refractivity contribution is -0.127. The van der Waals surface area contributed by atoms with Gasteiger partial charge >= 0.3 is 5.97 Å². The number of hydrogen-bond acceptors (Lipinski definition) is 6. The largest absolute Gasteiger partial charge is 0.481 e. The quantitative estimate of drug-likeness (QED) is 0.259. The van der Waals surface area contributed by atoms with Crippen molar-refractivity contribution in [2.45, 2.75) is 13.0 Å². The summed E-state index contributed by atoms with van der Waals surface area (Å²) in [4.78, 5) is 24.5. The van der Waals surface area contributed by atoms with Gasteiger partial charge in [-0.2, -0.15) is 5.10 Å². The third-order valence-corrected chi connectivity index (χ3v) is 4.80. The summed E-state index contributed by atoms with van der Waals surface area (Å²) in [6.07, 6.45) is 0.755. The van der Waals surface area contributed by atoms with Crippen LogP contribution >= 0.6 is 22.9 Å². The molecule has 1 atom stereocenters. The molecule has 1 amide bonds. The second-order valence-electron chi connectivity index (χ2n) is 5.88. The molecular formula is C21H17ClN2O4S. The number of benzene rings is 2. The minimum atomic E-state index is -0.729. The molecule has 1 heterocycles. The van der Waals surface area contributed by atoms with Crippen LogP contribution in [0.5, 0.6) is 11.5 Å². The van der Waals surface area contributed by atoms with Crippen molar-refractivity contribution in [2.75, 3.05) is 0 Å². The Labute approximate surface area is 176 Å². The molecule has 6 nitrogen and oxygen atoms in total. The second-order valence-corrected chi connectivity index (χ2v) is 7.27. The van der Waals surface area contributed by atoms with Crippen LogP contribution in [-0.4, -0.2) is 24.2 Å². The molecule has 0 aliphatic heterocycles. The van der Waals surface area contributed by atoms with Crippen LogP contribution in [-0.2, 0) is 4.79 Å². The third kappa shape index (κ3) is 6.17. The molecule has 0 unspecified atom stereocenters. The van der Waals surface area contributed by atoms with E-state index in [1.165, 1.54) is 17.6 Å². The minimum absolute atomic E-state index is 0.391. The van der Waals surface area contributed by atoms with E-state index in [4.69, 9.17) is 21.1 Å². The van der Waals surface area contributed by atoms with E-state index in [1.807, 2.05) is 5.38 Å². The molecule has 1 N–H and O–H groups in total. The van der Waals surface area contributed by atoms with Gasteiger partial charge in [0.15, 0.2) is 6.10 Å². The average molecular weight is 429 g/mol.